The summed E-state index contributed by atoms with van der Waals surface area (Å²) < 4.78 is 11.5. The van der Waals surface area contributed by atoms with Crippen molar-refractivity contribution in [3.8, 4) is 0 Å². The number of aryl methyl sites for hydroxylation is 1. The first-order chi connectivity index (χ1) is 7.68. The maximum absolute atomic E-state index is 11.9. The number of hydrogen-bond donors (Lipinski definition) is 0. The van der Waals surface area contributed by atoms with Crippen LogP contribution >= 0.6 is 22.6 Å². The van der Waals surface area contributed by atoms with Crippen LogP contribution in [0.5, 0.6) is 0 Å². The van der Waals surface area contributed by atoms with Crippen LogP contribution in [0.15, 0.2) is 38.3 Å². The predicted molar refractivity (Wildman–Crippen MR) is 69.7 cm³/mol. The molecule has 1 aromatic carbocycles. The molecule has 3 rings (SSSR count). The fourth-order valence-corrected chi connectivity index (χ4v) is 2.26. The standard InChI is InChI=1S/C12H7IO3/c1-6-4-15-9-3-2-7-11(14)8(13)5-16-12(7)10(6)9/h2-5H,1H3. The van der Waals surface area contributed by atoms with Crippen molar-refractivity contribution in [1.82, 2.24) is 0 Å². The largest absolute Gasteiger partial charge is 0.464 e. The van der Waals surface area contributed by atoms with Crippen LogP contribution in [0, 0.1) is 10.5 Å². The van der Waals surface area contributed by atoms with Crippen molar-refractivity contribution in [2.45, 2.75) is 6.92 Å². The highest BCUT2D eigenvalue weighted by molar-refractivity contribution is 14.1. The van der Waals surface area contributed by atoms with Crippen molar-refractivity contribution in [1.29, 1.82) is 0 Å². The highest BCUT2D eigenvalue weighted by Gasteiger charge is 2.12. The molecule has 0 unspecified atom stereocenters. The minimum absolute atomic E-state index is 0.00403. The Morgan fingerprint density at radius 3 is 2.81 bits per heavy atom. The van der Waals surface area contributed by atoms with Gasteiger partial charge in [0, 0.05) is 0 Å². The van der Waals surface area contributed by atoms with Gasteiger partial charge in [0.15, 0.2) is 0 Å². The molecule has 0 spiro atoms. The van der Waals surface area contributed by atoms with Gasteiger partial charge in [-0.25, -0.2) is 0 Å². The van der Waals surface area contributed by atoms with E-state index in [1.54, 1.807) is 18.4 Å². The normalized spacial score (nSPS) is 11.4. The number of furan rings is 1. The molecule has 0 amide bonds. The van der Waals surface area contributed by atoms with Crippen LogP contribution in [0.25, 0.3) is 21.9 Å². The minimum Gasteiger partial charge on any atom is -0.464 e. The van der Waals surface area contributed by atoms with Gasteiger partial charge in [-0.1, -0.05) is 0 Å². The first kappa shape index (κ1) is 9.89. The Morgan fingerprint density at radius 1 is 1.19 bits per heavy atom. The number of benzene rings is 1. The van der Waals surface area contributed by atoms with E-state index in [-0.39, 0.29) is 5.43 Å². The summed E-state index contributed by atoms with van der Waals surface area (Å²) >= 11 is 1.97. The van der Waals surface area contributed by atoms with E-state index in [0.29, 0.717) is 14.5 Å². The Balaban J connectivity index is 2.67. The third-order valence-electron chi connectivity index (χ3n) is 2.62. The molecule has 0 saturated heterocycles. The molecule has 0 radical (unpaired) electrons. The molecular weight excluding hydrogens is 319 g/mol. The van der Waals surface area contributed by atoms with Gasteiger partial charge in [0.2, 0.25) is 5.43 Å². The first-order valence-corrected chi connectivity index (χ1v) is 5.84. The number of rotatable bonds is 0. The van der Waals surface area contributed by atoms with E-state index >= 15 is 0 Å². The van der Waals surface area contributed by atoms with Gasteiger partial charge >= 0.3 is 0 Å². The molecule has 2 heterocycles. The van der Waals surface area contributed by atoms with Gasteiger partial charge in [-0.2, -0.15) is 0 Å². The van der Waals surface area contributed by atoms with Crippen LogP contribution in [0.1, 0.15) is 5.56 Å². The monoisotopic (exact) mass is 326 g/mol. The quantitative estimate of drug-likeness (QED) is 0.594. The minimum atomic E-state index is 0.00403. The Labute approximate surface area is 104 Å². The molecule has 2 aromatic heterocycles. The van der Waals surface area contributed by atoms with Crippen molar-refractivity contribution < 1.29 is 8.83 Å². The Bertz CT molecular complexity index is 752. The summed E-state index contributed by atoms with van der Waals surface area (Å²) in [6.07, 6.45) is 3.15. The molecule has 0 saturated carbocycles. The SMILES string of the molecule is Cc1coc2ccc3c(=O)c(I)coc3c12. The molecule has 0 fully saturated rings. The average Bonchev–Trinajstić information content (AvgIpc) is 2.66. The predicted octanol–water partition coefficient (Wildman–Crippen LogP) is 3.45. The summed E-state index contributed by atoms with van der Waals surface area (Å²) in [4.78, 5) is 11.9. The first-order valence-electron chi connectivity index (χ1n) is 4.76. The van der Waals surface area contributed by atoms with Crippen molar-refractivity contribution in [2.24, 2.45) is 0 Å². The molecule has 3 aromatic rings. The van der Waals surface area contributed by atoms with Gasteiger partial charge in [0.25, 0.3) is 0 Å². The van der Waals surface area contributed by atoms with E-state index in [1.165, 1.54) is 6.26 Å². The molecule has 0 N–H and O–H groups in total. The van der Waals surface area contributed by atoms with E-state index < -0.39 is 0 Å². The molecule has 16 heavy (non-hydrogen) atoms. The molecule has 0 aliphatic rings. The van der Waals surface area contributed by atoms with Crippen molar-refractivity contribution in [3.05, 3.63) is 44.0 Å². The summed E-state index contributed by atoms with van der Waals surface area (Å²) in [6.45, 7) is 1.93. The zero-order valence-corrected chi connectivity index (χ0v) is 10.6. The zero-order chi connectivity index (χ0) is 11.3. The second-order valence-corrected chi connectivity index (χ2v) is 4.81. The topological polar surface area (TPSA) is 43.4 Å². The molecule has 80 valence electrons. The number of hydrogen-bond acceptors (Lipinski definition) is 3. The summed E-state index contributed by atoms with van der Waals surface area (Å²) in [6, 6.07) is 3.55. The van der Waals surface area contributed by atoms with Gasteiger partial charge in [-0.15, -0.1) is 0 Å². The van der Waals surface area contributed by atoms with Crippen molar-refractivity contribution >= 4 is 44.5 Å². The number of fused-ring (bicyclic) bond motifs is 3. The Kier molecular flexibility index (Phi) is 2.07. The van der Waals surface area contributed by atoms with Crippen LogP contribution in [0.3, 0.4) is 0 Å². The van der Waals surface area contributed by atoms with E-state index in [1.807, 2.05) is 29.5 Å². The van der Waals surface area contributed by atoms with Gasteiger partial charge in [0.1, 0.15) is 17.4 Å². The molecule has 0 aliphatic carbocycles. The molecule has 4 heteroatoms. The highest BCUT2D eigenvalue weighted by Crippen LogP contribution is 2.28. The van der Waals surface area contributed by atoms with Gasteiger partial charge in [-0.05, 0) is 47.2 Å². The van der Waals surface area contributed by atoms with Crippen LogP contribution in [-0.4, -0.2) is 0 Å². The lowest BCUT2D eigenvalue weighted by Crippen LogP contribution is -2.04. The summed E-state index contributed by atoms with van der Waals surface area (Å²) in [5, 5.41) is 1.48. The number of halogens is 1. The maximum Gasteiger partial charge on any atom is 0.206 e. The zero-order valence-electron chi connectivity index (χ0n) is 8.41. The molecular formula is C12H7IO3. The molecule has 3 nitrogen and oxygen atoms in total. The van der Waals surface area contributed by atoms with Crippen molar-refractivity contribution in [2.75, 3.05) is 0 Å². The lowest BCUT2D eigenvalue weighted by Gasteiger charge is -1.98. The van der Waals surface area contributed by atoms with Crippen LogP contribution < -0.4 is 5.43 Å². The van der Waals surface area contributed by atoms with E-state index in [9.17, 15) is 4.79 Å². The lowest BCUT2D eigenvalue weighted by molar-refractivity contribution is 0.599. The van der Waals surface area contributed by atoms with Gasteiger partial charge in [-0.3, -0.25) is 4.79 Å². The second-order valence-electron chi connectivity index (χ2n) is 3.65. The lowest BCUT2D eigenvalue weighted by atomic mass is 10.1. The molecule has 0 atom stereocenters. The van der Waals surface area contributed by atoms with Crippen LogP contribution in [0.4, 0.5) is 0 Å². The van der Waals surface area contributed by atoms with Gasteiger partial charge in [0.05, 0.1) is 20.6 Å². The van der Waals surface area contributed by atoms with Gasteiger partial charge < -0.3 is 8.83 Å². The van der Waals surface area contributed by atoms with Crippen molar-refractivity contribution in [3.63, 3.8) is 0 Å². The Hall–Kier alpha value is -1.30. The summed E-state index contributed by atoms with van der Waals surface area (Å²) in [5.74, 6) is 0. The van der Waals surface area contributed by atoms with Crippen LogP contribution in [0.2, 0.25) is 0 Å². The van der Waals surface area contributed by atoms with E-state index in [2.05, 4.69) is 0 Å². The fourth-order valence-electron chi connectivity index (χ4n) is 1.84. The summed E-state index contributed by atoms with van der Waals surface area (Å²) in [5.41, 5.74) is 2.33. The Morgan fingerprint density at radius 2 is 2.00 bits per heavy atom. The second kappa shape index (κ2) is 3.35. The maximum atomic E-state index is 11.9. The van der Waals surface area contributed by atoms with E-state index in [0.717, 1.165) is 16.5 Å². The third kappa shape index (κ3) is 1.22. The third-order valence-corrected chi connectivity index (χ3v) is 3.36. The molecule has 0 aliphatic heterocycles. The summed E-state index contributed by atoms with van der Waals surface area (Å²) in [7, 11) is 0. The molecule has 0 bridgehead atoms. The van der Waals surface area contributed by atoms with Crippen LogP contribution in [-0.2, 0) is 0 Å². The smallest absolute Gasteiger partial charge is 0.206 e. The average molecular weight is 326 g/mol. The highest BCUT2D eigenvalue weighted by atomic mass is 127. The fraction of sp³-hybridized carbons (Fsp3) is 0.0833. The van der Waals surface area contributed by atoms with E-state index in [4.69, 9.17) is 8.83 Å².